The number of ether oxygens (including phenoxy) is 1. The third kappa shape index (κ3) is 2.82. The summed E-state index contributed by atoms with van der Waals surface area (Å²) in [5.41, 5.74) is 1.32. The van der Waals surface area contributed by atoms with Gasteiger partial charge in [0.1, 0.15) is 0 Å². The molecule has 96 valence electrons. The molecule has 0 saturated carbocycles. The summed E-state index contributed by atoms with van der Waals surface area (Å²) in [6, 6.07) is 6.93. The minimum atomic E-state index is -4.51. The lowest BCUT2D eigenvalue weighted by Gasteiger charge is -2.25. The van der Waals surface area contributed by atoms with Crippen molar-refractivity contribution in [2.45, 2.75) is 6.18 Å². The number of para-hydroxylation sites is 1. The summed E-state index contributed by atoms with van der Waals surface area (Å²) in [6.07, 6.45) is -2.01. The molecule has 0 aliphatic carbocycles. The summed E-state index contributed by atoms with van der Waals surface area (Å²) >= 11 is 0. The van der Waals surface area contributed by atoms with Gasteiger partial charge in [-0.1, -0.05) is 30.4 Å². The van der Waals surface area contributed by atoms with Crippen LogP contribution in [0.2, 0.25) is 0 Å². The van der Waals surface area contributed by atoms with E-state index < -0.39 is 18.9 Å². The molecule has 0 radical (unpaired) electrons. The number of nitrogens with zero attached hydrogens (tertiary/aromatic N) is 1. The van der Waals surface area contributed by atoms with Crippen LogP contribution < -0.4 is 4.90 Å². The van der Waals surface area contributed by atoms with Crippen LogP contribution in [0.1, 0.15) is 5.56 Å². The van der Waals surface area contributed by atoms with Crippen LogP contribution in [-0.2, 0) is 4.74 Å². The molecule has 0 spiro atoms. The Kier molecular flexibility index (Phi) is 3.27. The molecule has 0 unspecified atom stereocenters. The Balaban J connectivity index is 2.11. The molecule has 0 bridgehead atoms. The second-order valence-corrected chi connectivity index (χ2v) is 3.74. The van der Waals surface area contributed by atoms with E-state index in [1.165, 1.54) is 4.90 Å². The van der Waals surface area contributed by atoms with Crippen LogP contribution >= 0.6 is 0 Å². The van der Waals surface area contributed by atoms with E-state index in [0.717, 1.165) is 5.56 Å². The normalized spacial score (nSPS) is 14.3. The van der Waals surface area contributed by atoms with Gasteiger partial charge in [0, 0.05) is 6.54 Å². The SMILES string of the molecule is O=C(OCC(F)(F)F)N1CC=Cc2ccccc21. The van der Waals surface area contributed by atoms with Gasteiger partial charge in [-0.05, 0) is 11.6 Å². The Morgan fingerprint density at radius 3 is 2.78 bits per heavy atom. The van der Waals surface area contributed by atoms with Gasteiger partial charge in [-0.15, -0.1) is 0 Å². The highest BCUT2D eigenvalue weighted by Crippen LogP contribution is 2.26. The van der Waals surface area contributed by atoms with Crippen LogP contribution in [0.25, 0.3) is 6.08 Å². The largest absolute Gasteiger partial charge is 0.439 e. The van der Waals surface area contributed by atoms with E-state index in [9.17, 15) is 18.0 Å². The minimum absolute atomic E-state index is 0.202. The Labute approximate surface area is 101 Å². The average molecular weight is 257 g/mol. The first-order valence-corrected chi connectivity index (χ1v) is 5.24. The van der Waals surface area contributed by atoms with Gasteiger partial charge in [-0.2, -0.15) is 13.2 Å². The van der Waals surface area contributed by atoms with Crippen molar-refractivity contribution in [2.24, 2.45) is 0 Å². The summed E-state index contributed by atoms with van der Waals surface area (Å²) in [7, 11) is 0. The van der Waals surface area contributed by atoms with Gasteiger partial charge in [0.2, 0.25) is 0 Å². The van der Waals surface area contributed by atoms with E-state index in [2.05, 4.69) is 4.74 Å². The summed E-state index contributed by atoms with van der Waals surface area (Å²) in [5, 5.41) is 0. The maximum absolute atomic E-state index is 12.0. The number of carbonyl (C=O) groups is 1. The number of anilines is 1. The van der Waals surface area contributed by atoms with E-state index in [-0.39, 0.29) is 6.54 Å². The number of alkyl halides is 3. The standard InChI is InChI=1S/C12H10F3NO2/c13-12(14,15)8-18-11(17)16-7-3-5-9-4-1-2-6-10(9)16/h1-6H,7-8H2. The molecule has 1 aromatic carbocycles. The van der Waals surface area contributed by atoms with Crippen LogP contribution in [0.4, 0.5) is 23.7 Å². The maximum Gasteiger partial charge on any atom is 0.422 e. The molecule has 1 heterocycles. The minimum Gasteiger partial charge on any atom is -0.439 e. The molecule has 18 heavy (non-hydrogen) atoms. The van der Waals surface area contributed by atoms with Gasteiger partial charge in [0.25, 0.3) is 0 Å². The van der Waals surface area contributed by atoms with Gasteiger partial charge in [-0.25, -0.2) is 4.79 Å². The van der Waals surface area contributed by atoms with Gasteiger partial charge < -0.3 is 4.74 Å². The fourth-order valence-corrected chi connectivity index (χ4v) is 1.65. The monoisotopic (exact) mass is 257 g/mol. The zero-order chi connectivity index (χ0) is 13.2. The van der Waals surface area contributed by atoms with Crippen LogP contribution in [0.15, 0.2) is 30.3 Å². The van der Waals surface area contributed by atoms with Gasteiger partial charge in [0.15, 0.2) is 6.61 Å². The summed E-state index contributed by atoms with van der Waals surface area (Å²) in [6.45, 7) is -1.37. The molecule has 6 heteroatoms. The average Bonchev–Trinajstić information content (AvgIpc) is 2.34. The smallest absolute Gasteiger partial charge is 0.422 e. The zero-order valence-corrected chi connectivity index (χ0v) is 9.28. The number of hydrogen-bond donors (Lipinski definition) is 0. The van der Waals surface area contributed by atoms with E-state index >= 15 is 0 Å². The maximum atomic E-state index is 12.0. The predicted molar refractivity (Wildman–Crippen MR) is 60.2 cm³/mol. The first kappa shape index (κ1) is 12.5. The van der Waals surface area contributed by atoms with Crippen molar-refractivity contribution in [3.05, 3.63) is 35.9 Å². The van der Waals surface area contributed by atoms with E-state index in [0.29, 0.717) is 5.69 Å². The predicted octanol–water partition coefficient (Wildman–Crippen LogP) is 3.22. The lowest BCUT2D eigenvalue weighted by atomic mass is 10.1. The second kappa shape index (κ2) is 4.72. The van der Waals surface area contributed by atoms with Gasteiger partial charge in [0.05, 0.1) is 5.69 Å². The van der Waals surface area contributed by atoms with Crippen molar-refractivity contribution in [3.63, 3.8) is 0 Å². The molecule has 2 rings (SSSR count). The first-order chi connectivity index (χ1) is 8.47. The lowest BCUT2D eigenvalue weighted by molar-refractivity contribution is -0.159. The summed E-state index contributed by atoms with van der Waals surface area (Å²) in [5.74, 6) is 0. The van der Waals surface area contributed by atoms with E-state index in [1.807, 2.05) is 6.08 Å². The molecular weight excluding hydrogens is 247 g/mol. The van der Waals surface area contributed by atoms with Gasteiger partial charge >= 0.3 is 12.3 Å². The molecule has 0 saturated heterocycles. The zero-order valence-electron chi connectivity index (χ0n) is 9.28. The number of amides is 1. The molecular formula is C12H10F3NO2. The highest BCUT2D eigenvalue weighted by Gasteiger charge is 2.31. The number of rotatable bonds is 1. The van der Waals surface area contributed by atoms with Crippen LogP contribution in [0, 0.1) is 0 Å². The van der Waals surface area contributed by atoms with Crippen molar-refractivity contribution in [2.75, 3.05) is 18.1 Å². The molecule has 0 atom stereocenters. The first-order valence-electron chi connectivity index (χ1n) is 5.24. The fraction of sp³-hybridized carbons (Fsp3) is 0.250. The van der Waals surface area contributed by atoms with E-state index in [1.54, 1.807) is 30.3 Å². The van der Waals surface area contributed by atoms with Crippen molar-refractivity contribution < 1.29 is 22.7 Å². The lowest BCUT2D eigenvalue weighted by Crippen LogP contribution is -2.35. The van der Waals surface area contributed by atoms with Crippen molar-refractivity contribution in [1.82, 2.24) is 0 Å². The summed E-state index contributed by atoms with van der Waals surface area (Å²) in [4.78, 5) is 12.7. The van der Waals surface area contributed by atoms with Crippen molar-refractivity contribution in [3.8, 4) is 0 Å². The Bertz CT molecular complexity index is 482. The Hall–Kier alpha value is -1.98. The number of fused-ring (bicyclic) bond motifs is 1. The molecule has 1 aliphatic heterocycles. The number of benzene rings is 1. The highest BCUT2D eigenvalue weighted by atomic mass is 19.4. The molecule has 1 amide bonds. The van der Waals surface area contributed by atoms with Crippen LogP contribution in [-0.4, -0.2) is 25.4 Å². The Morgan fingerprint density at radius 1 is 1.33 bits per heavy atom. The molecule has 1 aliphatic rings. The topological polar surface area (TPSA) is 29.5 Å². The number of carbonyl (C=O) groups excluding carboxylic acids is 1. The third-order valence-electron chi connectivity index (χ3n) is 2.39. The third-order valence-corrected chi connectivity index (χ3v) is 2.39. The van der Waals surface area contributed by atoms with E-state index in [4.69, 9.17) is 0 Å². The Morgan fingerprint density at radius 2 is 2.06 bits per heavy atom. The second-order valence-electron chi connectivity index (χ2n) is 3.74. The number of hydrogen-bond acceptors (Lipinski definition) is 2. The highest BCUT2D eigenvalue weighted by molar-refractivity contribution is 5.92. The van der Waals surface area contributed by atoms with Crippen LogP contribution in [0.3, 0.4) is 0 Å². The van der Waals surface area contributed by atoms with Crippen molar-refractivity contribution >= 4 is 17.9 Å². The molecule has 0 N–H and O–H groups in total. The summed E-state index contributed by atoms with van der Waals surface area (Å²) < 4.78 is 40.1. The molecule has 0 aromatic heterocycles. The molecule has 1 aromatic rings. The van der Waals surface area contributed by atoms with Gasteiger partial charge in [-0.3, -0.25) is 4.90 Å². The van der Waals surface area contributed by atoms with Crippen molar-refractivity contribution in [1.29, 1.82) is 0 Å². The quantitative estimate of drug-likeness (QED) is 0.773. The molecule has 0 fully saturated rings. The fourth-order valence-electron chi connectivity index (χ4n) is 1.65. The molecule has 3 nitrogen and oxygen atoms in total. The van der Waals surface area contributed by atoms with Crippen LogP contribution in [0.5, 0.6) is 0 Å². The number of halogens is 3.